The fourth-order valence-electron chi connectivity index (χ4n) is 1.98. The minimum Gasteiger partial charge on any atom is -0.497 e. The van der Waals surface area contributed by atoms with Crippen LogP contribution in [0.25, 0.3) is 0 Å². The van der Waals surface area contributed by atoms with E-state index in [2.05, 4.69) is 5.32 Å². The maximum absolute atomic E-state index is 13.5. The molecule has 0 aliphatic carbocycles. The number of piperidine rings is 1. The Morgan fingerprint density at radius 1 is 1.41 bits per heavy atom. The Labute approximate surface area is 101 Å². The molecule has 1 unspecified atom stereocenters. The van der Waals surface area contributed by atoms with E-state index in [0.717, 1.165) is 13.0 Å². The molecule has 1 saturated heterocycles. The van der Waals surface area contributed by atoms with Crippen LogP contribution in [-0.4, -0.2) is 26.3 Å². The topological polar surface area (TPSA) is 30.5 Å². The summed E-state index contributed by atoms with van der Waals surface area (Å²) in [7, 11) is 1.56. The molecule has 94 valence electrons. The van der Waals surface area contributed by atoms with Crippen LogP contribution in [0, 0.1) is 5.82 Å². The maximum Gasteiger partial charge on any atom is 0.165 e. The van der Waals surface area contributed by atoms with Gasteiger partial charge in [0.2, 0.25) is 0 Å². The first-order valence-corrected chi connectivity index (χ1v) is 5.99. The van der Waals surface area contributed by atoms with Crippen LogP contribution >= 0.6 is 0 Å². The SMILES string of the molecule is COc1ccc(F)c(OCC2CCCCN2)c1. The molecular formula is C13H18FNO2. The number of methoxy groups -OCH3 is 1. The highest BCUT2D eigenvalue weighted by atomic mass is 19.1. The zero-order chi connectivity index (χ0) is 12.1. The molecular weight excluding hydrogens is 221 g/mol. The number of ether oxygens (including phenoxy) is 2. The Bertz CT molecular complexity index is 364. The first kappa shape index (κ1) is 12.2. The Hall–Kier alpha value is -1.29. The number of halogens is 1. The van der Waals surface area contributed by atoms with Crippen LogP contribution in [0.2, 0.25) is 0 Å². The molecule has 2 rings (SSSR count). The smallest absolute Gasteiger partial charge is 0.165 e. The lowest BCUT2D eigenvalue weighted by Crippen LogP contribution is -2.38. The Kier molecular flexibility index (Phi) is 4.20. The second-order valence-corrected chi connectivity index (χ2v) is 4.25. The Balaban J connectivity index is 1.92. The third-order valence-electron chi connectivity index (χ3n) is 2.99. The van der Waals surface area contributed by atoms with Crippen molar-refractivity contribution >= 4 is 0 Å². The van der Waals surface area contributed by atoms with E-state index in [9.17, 15) is 4.39 Å². The van der Waals surface area contributed by atoms with Crippen LogP contribution in [0.15, 0.2) is 18.2 Å². The molecule has 0 saturated carbocycles. The molecule has 1 heterocycles. The summed E-state index contributed by atoms with van der Waals surface area (Å²) in [6.07, 6.45) is 3.51. The van der Waals surface area contributed by atoms with Crippen molar-refractivity contribution in [3.8, 4) is 11.5 Å². The minimum atomic E-state index is -0.346. The molecule has 1 aliphatic rings. The van der Waals surface area contributed by atoms with E-state index in [-0.39, 0.29) is 11.6 Å². The quantitative estimate of drug-likeness (QED) is 0.875. The minimum absolute atomic E-state index is 0.261. The van der Waals surface area contributed by atoms with E-state index in [1.807, 2.05) is 0 Å². The van der Waals surface area contributed by atoms with Crippen molar-refractivity contribution in [1.82, 2.24) is 5.32 Å². The van der Waals surface area contributed by atoms with Crippen molar-refractivity contribution in [2.24, 2.45) is 0 Å². The molecule has 0 aromatic heterocycles. The lowest BCUT2D eigenvalue weighted by atomic mass is 10.1. The Morgan fingerprint density at radius 3 is 3.00 bits per heavy atom. The number of benzene rings is 1. The summed E-state index contributed by atoms with van der Waals surface area (Å²) in [6, 6.07) is 4.86. The molecule has 0 radical (unpaired) electrons. The van der Waals surface area contributed by atoms with Crippen molar-refractivity contribution in [2.75, 3.05) is 20.3 Å². The summed E-state index contributed by atoms with van der Waals surface area (Å²) < 4.78 is 24.0. The summed E-state index contributed by atoms with van der Waals surface area (Å²) in [5.74, 6) is 0.524. The van der Waals surface area contributed by atoms with E-state index in [1.54, 1.807) is 19.2 Å². The Morgan fingerprint density at radius 2 is 2.29 bits per heavy atom. The molecule has 0 spiro atoms. The maximum atomic E-state index is 13.5. The van der Waals surface area contributed by atoms with Crippen LogP contribution in [0.3, 0.4) is 0 Å². The van der Waals surface area contributed by atoms with E-state index in [4.69, 9.17) is 9.47 Å². The van der Waals surface area contributed by atoms with Crippen LogP contribution in [0.1, 0.15) is 19.3 Å². The summed E-state index contributed by atoms with van der Waals surface area (Å²) >= 11 is 0. The average Bonchev–Trinajstić information content (AvgIpc) is 2.39. The van der Waals surface area contributed by atoms with Gasteiger partial charge in [-0.2, -0.15) is 0 Å². The molecule has 0 bridgehead atoms. The molecule has 3 nitrogen and oxygen atoms in total. The molecule has 1 atom stereocenters. The standard InChI is InChI=1S/C13H18FNO2/c1-16-11-5-6-12(14)13(8-11)17-9-10-4-2-3-7-15-10/h5-6,8,10,15H,2-4,7,9H2,1H3. The van der Waals surface area contributed by atoms with Crippen molar-refractivity contribution in [3.63, 3.8) is 0 Å². The van der Waals surface area contributed by atoms with E-state index in [1.165, 1.54) is 18.9 Å². The van der Waals surface area contributed by atoms with Gasteiger partial charge in [0.15, 0.2) is 11.6 Å². The first-order valence-electron chi connectivity index (χ1n) is 5.99. The molecule has 1 aromatic rings. The summed E-state index contributed by atoms with van der Waals surface area (Å²) in [5, 5.41) is 3.36. The van der Waals surface area contributed by atoms with Crippen molar-refractivity contribution < 1.29 is 13.9 Å². The molecule has 1 aliphatic heterocycles. The van der Waals surface area contributed by atoms with Crippen LogP contribution in [0.4, 0.5) is 4.39 Å². The van der Waals surface area contributed by atoms with Gasteiger partial charge in [0.1, 0.15) is 12.4 Å². The lowest BCUT2D eigenvalue weighted by Gasteiger charge is -2.23. The second kappa shape index (κ2) is 5.87. The van der Waals surface area contributed by atoms with Crippen molar-refractivity contribution in [1.29, 1.82) is 0 Å². The fourth-order valence-corrected chi connectivity index (χ4v) is 1.98. The van der Waals surface area contributed by atoms with Gasteiger partial charge in [0, 0.05) is 12.1 Å². The highest BCUT2D eigenvalue weighted by Gasteiger charge is 2.14. The number of hydrogen-bond donors (Lipinski definition) is 1. The van der Waals surface area contributed by atoms with Crippen LogP contribution < -0.4 is 14.8 Å². The molecule has 17 heavy (non-hydrogen) atoms. The average molecular weight is 239 g/mol. The molecule has 1 fully saturated rings. The van der Waals surface area contributed by atoms with Crippen molar-refractivity contribution in [3.05, 3.63) is 24.0 Å². The third-order valence-corrected chi connectivity index (χ3v) is 2.99. The van der Waals surface area contributed by atoms with Gasteiger partial charge in [-0.25, -0.2) is 4.39 Å². The molecule has 1 aromatic carbocycles. The third kappa shape index (κ3) is 3.33. The van der Waals surface area contributed by atoms with Gasteiger partial charge in [-0.3, -0.25) is 0 Å². The highest BCUT2D eigenvalue weighted by Crippen LogP contribution is 2.23. The van der Waals surface area contributed by atoms with Gasteiger partial charge in [-0.1, -0.05) is 6.42 Å². The predicted octanol–water partition coefficient (Wildman–Crippen LogP) is 2.36. The summed E-state index contributed by atoms with van der Waals surface area (Å²) in [6.45, 7) is 1.53. The second-order valence-electron chi connectivity index (χ2n) is 4.25. The summed E-state index contributed by atoms with van der Waals surface area (Å²) in [5.41, 5.74) is 0. The normalized spacial score (nSPS) is 20.0. The van der Waals surface area contributed by atoms with Gasteiger partial charge >= 0.3 is 0 Å². The number of nitrogens with one attached hydrogen (secondary N) is 1. The van der Waals surface area contributed by atoms with Gasteiger partial charge < -0.3 is 14.8 Å². The molecule has 0 amide bonds. The van der Waals surface area contributed by atoms with Gasteiger partial charge in [0.05, 0.1) is 7.11 Å². The number of hydrogen-bond acceptors (Lipinski definition) is 3. The predicted molar refractivity (Wildman–Crippen MR) is 64.1 cm³/mol. The van der Waals surface area contributed by atoms with E-state index in [0.29, 0.717) is 18.4 Å². The van der Waals surface area contributed by atoms with Crippen molar-refractivity contribution in [2.45, 2.75) is 25.3 Å². The van der Waals surface area contributed by atoms with Gasteiger partial charge in [0.25, 0.3) is 0 Å². The van der Waals surface area contributed by atoms with Crippen LogP contribution in [0.5, 0.6) is 11.5 Å². The highest BCUT2D eigenvalue weighted by molar-refractivity contribution is 5.34. The zero-order valence-corrected chi connectivity index (χ0v) is 10.0. The monoisotopic (exact) mass is 239 g/mol. The number of rotatable bonds is 4. The van der Waals surface area contributed by atoms with Crippen LogP contribution in [-0.2, 0) is 0 Å². The fraction of sp³-hybridized carbons (Fsp3) is 0.538. The van der Waals surface area contributed by atoms with Gasteiger partial charge in [-0.15, -0.1) is 0 Å². The summed E-state index contributed by atoms with van der Waals surface area (Å²) in [4.78, 5) is 0. The van der Waals surface area contributed by atoms with Gasteiger partial charge in [-0.05, 0) is 31.5 Å². The first-order chi connectivity index (χ1) is 8.29. The van der Waals surface area contributed by atoms with E-state index >= 15 is 0 Å². The zero-order valence-electron chi connectivity index (χ0n) is 10.0. The molecule has 4 heteroatoms. The lowest BCUT2D eigenvalue weighted by molar-refractivity contribution is 0.230. The largest absolute Gasteiger partial charge is 0.497 e. The van der Waals surface area contributed by atoms with E-state index < -0.39 is 0 Å². The molecule has 1 N–H and O–H groups in total.